The molecule has 0 radical (unpaired) electrons. The first-order valence-corrected chi connectivity index (χ1v) is 3.90. The van der Waals surface area contributed by atoms with Crippen molar-refractivity contribution in [1.29, 1.82) is 0 Å². The monoisotopic (exact) mass is 245 g/mol. The molecule has 0 saturated carbocycles. The standard InChI is InChI=1S/C6H4IN3/c7-5-2-1-3-6-9-8-4-10(5)6/h1-4H. The number of pyridine rings is 1. The van der Waals surface area contributed by atoms with Gasteiger partial charge in [0.05, 0.1) is 3.70 Å². The largest absolute Gasteiger partial charge is 0.276 e. The summed E-state index contributed by atoms with van der Waals surface area (Å²) in [6.07, 6.45) is 1.71. The van der Waals surface area contributed by atoms with Crippen molar-refractivity contribution in [1.82, 2.24) is 14.6 Å². The van der Waals surface area contributed by atoms with Crippen LogP contribution in [0, 0.1) is 3.70 Å². The summed E-state index contributed by atoms with van der Waals surface area (Å²) in [7, 11) is 0. The molecule has 0 aliphatic rings. The topological polar surface area (TPSA) is 30.2 Å². The van der Waals surface area contributed by atoms with E-state index in [0.717, 1.165) is 9.35 Å². The van der Waals surface area contributed by atoms with E-state index in [1.54, 1.807) is 6.33 Å². The Morgan fingerprint density at radius 3 is 3.10 bits per heavy atom. The summed E-state index contributed by atoms with van der Waals surface area (Å²) >= 11 is 2.24. The van der Waals surface area contributed by atoms with Gasteiger partial charge in [0.2, 0.25) is 0 Å². The average Bonchev–Trinajstić information content (AvgIpc) is 2.36. The highest BCUT2D eigenvalue weighted by Crippen LogP contribution is 2.05. The van der Waals surface area contributed by atoms with E-state index >= 15 is 0 Å². The zero-order valence-electron chi connectivity index (χ0n) is 5.03. The molecule has 4 heteroatoms. The van der Waals surface area contributed by atoms with Crippen LogP contribution in [-0.4, -0.2) is 14.6 Å². The summed E-state index contributed by atoms with van der Waals surface area (Å²) in [4.78, 5) is 0. The number of nitrogens with zero attached hydrogens (tertiary/aromatic N) is 3. The second-order valence-corrected chi connectivity index (χ2v) is 3.01. The van der Waals surface area contributed by atoms with Gasteiger partial charge >= 0.3 is 0 Å². The summed E-state index contributed by atoms with van der Waals surface area (Å²) in [6.45, 7) is 0. The lowest BCUT2D eigenvalue weighted by Crippen LogP contribution is -1.86. The molecule has 50 valence electrons. The first kappa shape index (κ1) is 6.09. The van der Waals surface area contributed by atoms with Crippen LogP contribution in [0.3, 0.4) is 0 Å². The van der Waals surface area contributed by atoms with Gasteiger partial charge < -0.3 is 0 Å². The van der Waals surface area contributed by atoms with Gasteiger partial charge in [-0.05, 0) is 34.7 Å². The Bertz CT molecular complexity index is 355. The molecule has 2 aromatic rings. The van der Waals surface area contributed by atoms with Crippen LogP contribution >= 0.6 is 22.6 Å². The van der Waals surface area contributed by atoms with Gasteiger partial charge in [-0.1, -0.05) is 6.07 Å². The third-order valence-electron chi connectivity index (χ3n) is 1.28. The molecule has 0 N–H and O–H groups in total. The molecule has 0 unspecified atom stereocenters. The van der Waals surface area contributed by atoms with Crippen molar-refractivity contribution in [2.45, 2.75) is 0 Å². The fourth-order valence-corrected chi connectivity index (χ4v) is 1.40. The van der Waals surface area contributed by atoms with Crippen molar-refractivity contribution in [3.8, 4) is 0 Å². The van der Waals surface area contributed by atoms with E-state index in [-0.39, 0.29) is 0 Å². The van der Waals surface area contributed by atoms with E-state index < -0.39 is 0 Å². The van der Waals surface area contributed by atoms with Gasteiger partial charge in [0.25, 0.3) is 0 Å². The van der Waals surface area contributed by atoms with E-state index in [1.807, 2.05) is 22.6 Å². The van der Waals surface area contributed by atoms with Gasteiger partial charge in [-0.3, -0.25) is 4.40 Å². The quantitative estimate of drug-likeness (QED) is 0.517. The third-order valence-corrected chi connectivity index (χ3v) is 2.16. The van der Waals surface area contributed by atoms with Gasteiger partial charge in [-0.15, -0.1) is 10.2 Å². The van der Waals surface area contributed by atoms with Crippen LogP contribution < -0.4 is 0 Å². The van der Waals surface area contributed by atoms with Crippen LogP contribution in [0.25, 0.3) is 5.65 Å². The highest BCUT2D eigenvalue weighted by Gasteiger charge is 1.94. The van der Waals surface area contributed by atoms with Gasteiger partial charge in [-0.2, -0.15) is 0 Å². The van der Waals surface area contributed by atoms with Gasteiger partial charge in [0.1, 0.15) is 6.33 Å². The van der Waals surface area contributed by atoms with Gasteiger partial charge in [0.15, 0.2) is 5.65 Å². The number of aromatic nitrogens is 3. The summed E-state index contributed by atoms with van der Waals surface area (Å²) in [5, 5.41) is 7.66. The molecule has 0 saturated heterocycles. The number of rotatable bonds is 0. The SMILES string of the molecule is Ic1cccc2nncn12. The smallest absolute Gasteiger partial charge is 0.161 e. The molecule has 0 spiro atoms. The number of hydrogen-bond donors (Lipinski definition) is 0. The Balaban J connectivity index is 2.95. The molecule has 2 rings (SSSR count). The Hall–Kier alpha value is -0.650. The van der Waals surface area contributed by atoms with Crippen LogP contribution in [0.1, 0.15) is 0 Å². The van der Waals surface area contributed by atoms with Crippen molar-refractivity contribution in [3.63, 3.8) is 0 Å². The van der Waals surface area contributed by atoms with Gasteiger partial charge in [0, 0.05) is 0 Å². The molecular formula is C6H4IN3. The Morgan fingerprint density at radius 2 is 2.30 bits per heavy atom. The van der Waals surface area contributed by atoms with Crippen molar-refractivity contribution in [2.75, 3.05) is 0 Å². The summed E-state index contributed by atoms with van der Waals surface area (Å²) in [5.74, 6) is 0. The lowest BCUT2D eigenvalue weighted by atomic mass is 10.5. The Kier molecular flexibility index (Phi) is 1.33. The van der Waals surface area contributed by atoms with E-state index in [9.17, 15) is 0 Å². The maximum absolute atomic E-state index is 3.89. The van der Waals surface area contributed by atoms with Crippen molar-refractivity contribution in [3.05, 3.63) is 28.2 Å². The zero-order chi connectivity index (χ0) is 6.97. The van der Waals surface area contributed by atoms with Crippen LogP contribution in [0.5, 0.6) is 0 Å². The fraction of sp³-hybridized carbons (Fsp3) is 0. The minimum Gasteiger partial charge on any atom is -0.276 e. The minimum absolute atomic E-state index is 0.895. The lowest BCUT2D eigenvalue weighted by molar-refractivity contribution is 1.09. The molecule has 0 atom stereocenters. The Labute approximate surface area is 71.2 Å². The second kappa shape index (κ2) is 2.19. The lowest BCUT2D eigenvalue weighted by Gasteiger charge is -1.92. The first-order chi connectivity index (χ1) is 4.88. The first-order valence-electron chi connectivity index (χ1n) is 2.82. The van der Waals surface area contributed by atoms with Crippen LogP contribution in [0.2, 0.25) is 0 Å². The second-order valence-electron chi connectivity index (χ2n) is 1.91. The summed E-state index contributed by atoms with van der Waals surface area (Å²) in [6, 6.07) is 5.90. The minimum atomic E-state index is 0.895. The number of fused-ring (bicyclic) bond motifs is 1. The molecule has 10 heavy (non-hydrogen) atoms. The molecule has 0 aliphatic carbocycles. The third kappa shape index (κ3) is 0.792. The normalized spacial score (nSPS) is 10.5. The Morgan fingerprint density at radius 1 is 1.40 bits per heavy atom. The average molecular weight is 245 g/mol. The predicted molar refractivity (Wildman–Crippen MR) is 45.7 cm³/mol. The van der Waals surface area contributed by atoms with Crippen LogP contribution in [-0.2, 0) is 0 Å². The van der Waals surface area contributed by atoms with E-state index in [1.165, 1.54) is 0 Å². The van der Waals surface area contributed by atoms with E-state index in [4.69, 9.17) is 0 Å². The highest BCUT2D eigenvalue weighted by molar-refractivity contribution is 14.1. The summed E-state index contributed by atoms with van der Waals surface area (Å²) in [5.41, 5.74) is 0.895. The molecule has 3 nitrogen and oxygen atoms in total. The van der Waals surface area contributed by atoms with Crippen molar-refractivity contribution >= 4 is 28.2 Å². The van der Waals surface area contributed by atoms with E-state index in [0.29, 0.717) is 0 Å². The zero-order valence-corrected chi connectivity index (χ0v) is 7.19. The van der Waals surface area contributed by atoms with Crippen LogP contribution in [0.15, 0.2) is 24.5 Å². The maximum Gasteiger partial charge on any atom is 0.161 e. The molecule has 0 aliphatic heterocycles. The molecule has 0 fully saturated rings. The van der Waals surface area contributed by atoms with E-state index in [2.05, 4.69) is 32.8 Å². The molecule has 2 heterocycles. The number of hydrogen-bond acceptors (Lipinski definition) is 2. The fourth-order valence-electron chi connectivity index (χ4n) is 0.816. The number of halogens is 1. The highest BCUT2D eigenvalue weighted by atomic mass is 127. The predicted octanol–water partition coefficient (Wildman–Crippen LogP) is 1.33. The molecule has 0 aromatic carbocycles. The van der Waals surface area contributed by atoms with Crippen molar-refractivity contribution < 1.29 is 0 Å². The molecular weight excluding hydrogens is 241 g/mol. The van der Waals surface area contributed by atoms with Gasteiger partial charge in [-0.25, -0.2) is 0 Å². The van der Waals surface area contributed by atoms with Crippen LogP contribution in [0.4, 0.5) is 0 Å². The molecule has 2 aromatic heterocycles. The van der Waals surface area contributed by atoms with Crippen molar-refractivity contribution in [2.24, 2.45) is 0 Å². The molecule has 0 bridgehead atoms. The summed E-state index contributed by atoms with van der Waals surface area (Å²) < 4.78 is 3.06. The molecule has 0 amide bonds. The maximum atomic E-state index is 3.89.